The number of benzene rings is 1. The van der Waals surface area contributed by atoms with Gasteiger partial charge >= 0.3 is 0 Å². The van der Waals surface area contributed by atoms with Crippen LogP contribution in [0.3, 0.4) is 0 Å². The first-order valence-corrected chi connectivity index (χ1v) is 7.75. The third kappa shape index (κ3) is 4.32. The normalized spacial score (nSPS) is 17.2. The van der Waals surface area contributed by atoms with Crippen LogP contribution in [0.4, 0.5) is 0 Å². The predicted molar refractivity (Wildman–Crippen MR) is 83.3 cm³/mol. The number of nitrogens with one attached hydrogen (secondary N) is 1. The topological polar surface area (TPSA) is 73.6 Å². The molecule has 1 aliphatic rings. The highest BCUT2D eigenvalue weighted by Crippen LogP contribution is 2.16. The summed E-state index contributed by atoms with van der Waals surface area (Å²) >= 11 is 0. The van der Waals surface area contributed by atoms with E-state index < -0.39 is 0 Å². The summed E-state index contributed by atoms with van der Waals surface area (Å²) in [6, 6.07) is 9.27. The van der Waals surface area contributed by atoms with Gasteiger partial charge in [0, 0.05) is 19.2 Å². The molecular formula is C17H20N2O4. The maximum atomic E-state index is 11.9. The molecule has 0 bridgehead atoms. The lowest BCUT2D eigenvalue weighted by Gasteiger charge is -2.11. The van der Waals surface area contributed by atoms with Crippen LogP contribution < -0.4 is 10.1 Å². The zero-order valence-electron chi connectivity index (χ0n) is 13.1. The third-order valence-electron chi connectivity index (χ3n) is 3.70. The molecule has 23 heavy (non-hydrogen) atoms. The van der Waals surface area contributed by atoms with E-state index in [1.165, 1.54) is 0 Å². The zero-order chi connectivity index (χ0) is 16.1. The summed E-state index contributed by atoms with van der Waals surface area (Å²) in [4.78, 5) is 11.9. The molecule has 0 spiro atoms. The van der Waals surface area contributed by atoms with Gasteiger partial charge in [0.25, 0.3) is 5.91 Å². The molecule has 2 heterocycles. The van der Waals surface area contributed by atoms with E-state index >= 15 is 0 Å². The third-order valence-corrected chi connectivity index (χ3v) is 3.70. The van der Waals surface area contributed by atoms with Gasteiger partial charge in [0.05, 0.1) is 6.10 Å². The molecule has 1 saturated heterocycles. The number of hydrogen-bond donors (Lipinski definition) is 1. The smallest absolute Gasteiger partial charge is 0.273 e. The number of rotatable bonds is 6. The summed E-state index contributed by atoms with van der Waals surface area (Å²) in [6.45, 7) is 3.59. The second-order valence-electron chi connectivity index (χ2n) is 5.60. The van der Waals surface area contributed by atoms with E-state index in [1.54, 1.807) is 13.0 Å². The lowest BCUT2D eigenvalue weighted by atomic mass is 10.2. The van der Waals surface area contributed by atoms with Gasteiger partial charge in [-0.05, 0) is 37.5 Å². The fourth-order valence-corrected chi connectivity index (χ4v) is 2.41. The maximum absolute atomic E-state index is 11.9. The van der Waals surface area contributed by atoms with Crippen LogP contribution >= 0.6 is 0 Å². The molecule has 2 aromatic rings. The summed E-state index contributed by atoms with van der Waals surface area (Å²) in [5.41, 5.74) is 1.28. The predicted octanol–water partition coefficient (Wildman–Crippen LogP) is 2.47. The summed E-state index contributed by atoms with van der Waals surface area (Å²) in [5, 5.41) is 6.49. The molecule has 1 N–H and O–H groups in total. The minimum Gasteiger partial charge on any atom is -0.491 e. The van der Waals surface area contributed by atoms with E-state index in [-0.39, 0.29) is 12.0 Å². The quantitative estimate of drug-likeness (QED) is 0.886. The number of hydrogen-bond acceptors (Lipinski definition) is 5. The molecule has 1 aromatic carbocycles. The molecule has 1 aromatic heterocycles. The summed E-state index contributed by atoms with van der Waals surface area (Å²) < 4.78 is 16.1. The van der Waals surface area contributed by atoms with Crippen molar-refractivity contribution in [1.29, 1.82) is 0 Å². The number of carbonyl (C=O) groups is 1. The van der Waals surface area contributed by atoms with E-state index in [1.807, 2.05) is 24.3 Å². The Morgan fingerprint density at radius 3 is 2.87 bits per heavy atom. The van der Waals surface area contributed by atoms with Crippen LogP contribution in [0.15, 0.2) is 34.9 Å². The van der Waals surface area contributed by atoms with Crippen LogP contribution in [0.1, 0.15) is 34.7 Å². The van der Waals surface area contributed by atoms with Crippen molar-refractivity contribution in [2.75, 3.05) is 13.2 Å². The van der Waals surface area contributed by atoms with Gasteiger partial charge in [-0.15, -0.1) is 0 Å². The van der Waals surface area contributed by atoms with E-state index in [0.717, 1.165) is 30.8 Å². The first-order chi connectivity index (χ1) is 11.2. The standard InChI is InChI=1S/C17H20N2O4/c1-12-9-16(19-23-12)17(20)18-10-13-4-6-14(7-5-13)22-11-15-3-2-8-21-15/h4-7,9,15H,2-3,8,10-11H2,1H3,(H,18,20). The van der Waals surface area contributed by atoms with E-state index in [4.69, 9.17) is 14.0 Å². The van der Waals surface area contributed by atoms with Gasteiger partial charge < -0.3 is 19.3 Å². The molecule has 1 fully saturated rings. The van der Waals surface area contributed by atoms with Gasteiger partial charge in [-0.1, -0.05) is 17.3 Å². The first kappa shape index (κ1) is 15.6. The van der Waals surface area contributed by atoms with Gasteiger partial charge in [-0.25, -0.2) is 0 Å². The fourth-order valence-electron chi connectivity index (χ4n) is 2.41. The number of aryl methyl sites for hydroxylation is 1. The summed E-state index contributed by atoms with van der Waals surface area (Å²) in [6.07, 6.45) is 2.38. The molecule has 0 aliphatic carbocycles. The molecule has 122 valence electrons. The fraction of sp³-hybridized carbons (Fsp3) is 0.412. The number of ether oxygens (including phenoxy) is 2. The monoisotopic (exact) mass is 316 g/mol. The van der Waals surface area contributed by atoms with Crippen LogP contribution in [-0.2, 0) is 11.3 Å². The minimum atomic E-state index is -0.249. The van der Waals surface area contributed by atoms with Crippen molar-refractivity contribution < 1.29 is 18.8 Å². The van der Waals surface area contributed by atoms with Gasteiger partial charge in [0.2, 0.25) is 0 Å². The Bertz CT molecular complexity index is 645. The Morgan fingerprint density at radius 1 is 1.39 bits per heavy atom. The molecule has 6 nitrogen and oxygen atoms in total. The molecule has 1 atom stereocenters. The number of carbonyl (C=O) groups excluding carboxylic acids is 1. The van der Waals surface area contributed by atoms with E-state index in [2.05, 4.69) is 10.5 Å². The van der Waals surface area contributed by atoms with Gasteiger partial charge in [0.1, 0.15) is 18.1 Å². The first-order valence-electron chi connectivity index (χ1n) is 7.75. The van der Waals surface area contributed by atoms with Crippen molar-refractivity contribution in [3.63, 3.8) is 0 Å². The molecule has 1 amide bonds. The van der Waals surface area contributed by atoms with Crippen molar-refractivity contribution in [2.45, 2.75) is 32.4 Å². The second-order valence-corrected chi connectivity index (χ2v) is 5.60. The Kier molecular flexibility index (Phi) is 4.92. The molecular weight excluding hydrogens is 296 g/mol. The maximum Gasteiger partial charge on any atom is 0.273 e. The van der Waals surface area contributed by atoms with Crippen LogP contribution in [-0.4, -0.2) is 30.4 Å². The zero-order valence-corrected chi connectivity index (χ0v) is 13.1. The lowest BCUT2D eigenvalue weighted by molar-refractivity contribution is 0.0679. The second kappa shape index (κ2) is 7.28. The largest absolute Gasteiger partial charge is 0.491 e. The van der Waals surface area contributed by atoms with Crippen LogP contribution in [0, 0.1) is 6.92 Å². The highest BCUT2D eigenvalue weighted by atomic mass is 16.5. The molecule has 1 unspecified atom stereocenters. The Labute approximate surface area is 134 Å². The van der Waals surface area contributed by atoms with Gasteiger partial charge in [-0.3, -0.25) is 4.79 Å². The Hall–Kier alpha value is -2.34. The molecule has 6 heteroatoms. The minimum absolute atomic E-state index is 0.208. The molecule has 3 rings (SSSR count). The van der Waals surface area contributed by atoms with Crippen LogP contribution in [0.5, 0.6) is 5.75 Å². The number of aromatic nitrogens is 1. The summed E-state index contributed by atoms with van der Waals surface area (Å²) in [7, 11) is 0. The van der Waals surface area contributed by atoms with Crippen molar-refractivity contribution >= 4 is 5.91 Å². The molecule has 0 saturated carbocycles. The Morgan fingerprint density at radius 2 is 2.22 bits per heavy atom. The Balaban J connectivity index is 1.46. The average molecular weight is 316 g/mol. The highest BCUT2D eigenvalue weighted by Gasteiger charge is 2.16. The van der Waals surface area contributed by atoms with Crippen molar-refractivity contribution in [1.82, 2.24) is 10.5 Å². The van der Waals surface area contributed by atoms with Crippen molar-refractivity contribution in [2.24, 2.45) is 0 Å². The lowest BCUT2D eigenvalue weighted by Crippen LogP contribution is -2.23. The van der Waals surface area contributed by atoms with E-state index in [9.17, 15) is 4.79 Å². The SMILES string of the molecule is Cc1cc(C(=O)NCc2ccc(OCC3CCCO3)cc2)no1. The summed E-state index contributed by atoms with van der Waals surface area (Å²) in [5.74, 6) is 1.17. The van der Waals surface area contributed by atoms with Crippen LogP contribution in [0.25, 0.3) is 0 Å². The van der Waals surface area contributed by atoms with Crippen LogP contribution in [0.2, 0.25) is 0 Å². The van der Waals surface area contributed by atoms with E-state index in [0.29, 0.717) is 24.6 Å². The molecule has 0 radical (unpaired) electrons. The number of amides is 1. The molecule has 1 aliphatic heterocycles. The average Bonchev–Trinajstić information content (AvgIpc) is 3.23. The van der Waals surface area contributed by atoms with Crippen molar-refractivity contribution in [3.05, 3.63) is 47.3 Å². The van der Waals surface area contributed by atoms with Gasteiger partial charge in [-0.2, -0.15) is 0 Å². The van der Waals surface area contributed by atoms with Crippen molar-refractivity contribution in [3.8, 4) is 5.75 Å². The number of nitrogens with zero attached hydrogens (tertiary/aromatic N) is 1. The highest BCUT2D eigenvalue weighted by molar-refractivity contribution is 5.92. The van der Waals surface area contributed by atoms with Gasteiger partial charge in [0.15, 0.2) is 5.69 Å².